The van der Waals surface area contributed by atoms with E-state index in [9.17, 15) is 4.79 Å². The van der Waals surface area contributed by atoms with Crippen molar-refractivity contribution in [1.82, 2.24) is 24.9 Å². The Labute approximate surface area is 117 Å². The van der Waals surface area contributed by atoms with Crippen LogP contribution in [0, 0.1) is 6.92 Å². The number of amides is 1. The maximum Gasteiger partial charge on any atom is 0.269 e. The van der Waals surface area contributed by atoms with E-state index in [1.165, 1.54) is 0 Å². The van der Waals surface area contributed by atoms with Gasteiger partial charge in [-0.05, 0) is 26.0 Å². The molecule has 2 aromatic rings. The number of nitrogens with zero attached hydrogens (tertiary/aromatic N) is 4. The number of nitrogens with two attached hydrogens (primary N) is 1. The van der Waals surface area contributed by atoms with Crippen LogP contribution in [0.15, 0.2) is 12.3 Å². The molecule has 0 fully saturated rings. The highest BCUT2D eigenvalue weighted by atomic mass is 16.1. The molecule has 0 aliphatic rings. The van der Waals surface area contributed by atoms with Gasteiger partial charge in [0.15, 0.2) is 5.82 Å². The number of aryl methyl sites for hydroxylation is 2. The summed E-state index contributed by atoms with van der Waals surface area (Å²) in [6, 6.07) is 1.61. The van der Waals surface area contributed by atoms with Gasteiger partial charge in [0, 0.05) is 25.4 Å². The van der Waals surface area contributed by atoms with Gasteiger partial charge in [0.1, 0.15) is 5.69 Å². The lowest BCUT2D eigenvalue weighted by Gasteiger charge is -2.07. The fourth-order valence-corrected chi connectivity index (χ4v) is 2.15. The van der Waals surface area contributed by atoms with E-state index in [2.05, 4.69) is 22.4 Å². The van der Waals surface area contributed by atoms with Crippen molar-refractivity contribution < 1.29 is 4.79 Å². The van der Waals surface area contributed by atoms with E-state index in [1.807, 2.05) is 14.0 Å². The van der Waals surface area contributed by atoms with Gasteiger partial charge in [-0.15, -0.1) is 0 Å². The molecule has 1 amide bonds. The molecule has 20 heavy (non-hydrogen) atoms. The average molecular weight is 276 g/mol. The smallest absolute Gasteiger partial charge is 0.269 e. The molecular formula is C13H20N6O. The first-order chi connectivity index (χ1) is 9.54. The van der Waals surface area contributed by atoms with E-state index in [-0.39, 0.29) is 5.69 Å². The Morgan fingerprint density at radius 2 is 2.20 bits per heavy atom. The average Bonchev–Trinajstić information content (AvgIpc) is 2.95. The van der Waals surface area contributed by atoms with Crippen molar-refractivity contribution in [2.24, 2.45) is 12.8 Å². The van der Waals surface area contributed by atoms with E-state index in [4.69, 9.17) is 5.73 Å². The van der Waals surface area contributed by atoms with Crippen LogP contribution in [0.25, 0.3) is 5.82 Å². The van der Waals surface area contributed by atoms with Gasteiger partial charge in [-0.25, -0.2) is 4.68 Å². The van der Waals surface area contributed by atoms with Gasteiger partial charge >= 0.3 is 0 Å². The third kappa shape index (κ3) is 2.72. The number of hydrogen-bond acceptors (Lipinski definition) is 4. The monoisotopic (exact) mass is 276 g/mol. The second kappa shape index (κ2) is 5.87. The predicted octanol–water partition coefficient (Wildman–Crippen LogP) is 0.513. The maximum atomic E-state index is 11.1. The van der Waals surface area contributed by atoms with Gasteiger partial charge in [0.2, 0.25) is 0 Å². The first-order valence-electron chi connectivity index (χ1n) is 6.63. The largest absolute Gasteiger partial charge is 0.364 e. The van der Waals surface area contributed by atoms with Crippen molar-refractivity contribution in [3.05, 3.63) is 29.2 Å². The molecule has 7 heteroatoms. The van der Waals surface area contributed by atoms with Crippen LogP contribution in [-0.4, -0.2) is 32.0 Å². The summed E-state index contributed by atoms with van der Waals surface area (Å²) in [6.45, 7) is 5.75. The molecule has 0 radical (unpaired) electrons. The van der Waals surface area contributed by atoms with Crippen LogP contribution < -0.4 is 11.1 Å². The van der Waals surface area contributed by atoms with Crippen molar-refractivity contribution in [1.29, 1.82) is 0 Å². The molecule has 3 N–H and O–H groups in total. The SMILES string of the molecule is CCCNCc1c(C)nn(C)c1-n1ccc(C(N)=O)n1. The van der Waals surface area contributed by atoms with Gasteiger partial charge in [0.25, 0.3) is 5.91 Å². The van der Waals surface area contributed by atoms with Crippen LogP contribution in [0.3, 0.4) is 0 Å². The highest BCUT2D eigenvalue weighted by Crippen LogP contribution is 2.17. The summed E-state index contributed by atoms with van der Waals surface area (Å²) < 4.78 is 3.40. The standard InChI is InChI=1S/C13H20N6O/c1-4-6-15-8-10-9(2)16-18(3)13(10)19-7-5-11(17-19)12(14)20/h5,7,15H,4,6,8H2,1-3H3,(H2,14,20). The van der Waals surface area contributed by atoms with Crippen molar-refractivity contribution >= 4 is 5.91 Å². The number of primary amides is 1. The molecule has 7 nitrogen and oxygen atoms in total. The Morgan fingerprint density at radius 1 is 1.45 bits per heavy atom. The zero-order chi connectivity index (χ0) is 14.7. The van der Waals surface area contributed by atoms with Gasteiger partial charge in [-0.3, -0.25) is 9.48 Å². The summed E-state index contributed by atoms with van der Waals surface area (Å²) in [4.78, 5) is 11.1. The van der Waals surface area contributed by atoms with Crippen LogP contribution in [-0.2, 0) is 13.6 Å². The molecule has 0 bridgehead atoms. The summed E-state index contributed by atoms with van der Waals surface area (Å²) in [5, 5.41) is 12.0. The van der Waals surface area contributed by atoms with E-state index in [0.717, 1.165) is 30.0 Å². The maximum absolute atomic E-state index is 11.1. The molecule has 0 aliphatic heterocycles. The lowest BCUT2D eigenvalue weighted by Crippen LogP contribution is -2.17. The molecule has 0 saturated carbocycles. The van der Waals surface area contributed by atoms with Crippen molar-refractivity contribution in [2.75, 3.05) is 6.54 Å². The highest BCUT2D eigenvalue weighted by Gasteiger charge is 2.16. The zero-order valence-corrected chi connectivity index (χ0v) is 12.1. The Hall–Kier alpha value is -2.15. The molecule has 2 heterocycles. The molecule has 2 aromatic heterocycles. The number of aromatic nitrogens is 4. The van der Waals surface area contributed by atoms with Gasteiger partial charge in [-0.2, -0.15) is 10.2 Å². The summed E-state index contributed by atoms with van der Waals surface area (Å²) in [6.07, 6.45) is 2.79. The van der Waals surface area contributed by atoms with Crippen LogP contribution >= 0.6 is 0 Å². The Morgan fingerprint density at radius 3 is 2.80 bits per heavy atom. The molecule has 0 unspecified atom stereocenters. The summed E-state index contributed by atoms with van der Waals surface area (Å²) >= 11 is 0. The Balaban J connectivity index is 2.36. The van der Waals surface area contributed by atoms with E-state index < -0.39 is 5.91 Å². The normalized spacial score (nSPS) is 10.9. The fourth-order valence-electron chi connectivity index (χ4n) is 2.15. The van der Waals surface area contributed by atoms with Crippen LogP contribution in [0.2, 0.25) is 0 Å². The Bertz CT molecular complexity index is 612. The number of carbonyl (C=O) groups excluding carboxylic acids is 1. The molecule has 0 aliphatic carbocycles. The van der Waals surface area contributed by atoms with Crippen LogP contribution in [0.5, 0.6) is 0 Å². The van der Waals surface area contributed by atoms with Crippen molar-refractivity contribution in [3.63, 3.8) is 0 Å². The molecule has 0 aromatic carbocycles. The van der Waals surface area contributed by atoms with Crippen LogP contribution in [0.4, 0.5) is 0 Å². The lowest BCUT2D eigenvalue weighted by atomic mass is 10.2. The zero-order valence-electron chi connectivity index (χ0n) is 12.1. The molecule has 2 rings (SSSR count). The number of carbonyl (C=O) groups is 1. The molecule has 0 saturated heterocycles. The number of hydrogen-bond donors (Lipinski definition) is 2. The number of rotatable bonds is 6. The highest BCUT2D eigenvalue weighted by molar-refractivity contribution is 5.90. The summed E-state index contributed by atoms with van der Waals surface area (Å²) in [5.41, 5.74) is 7.50. The fraction of sp³-hybridized carbons (Fsp3) is 0.462. The molecule has 0 atom stereocenters. The minimum atomic E-state index is -0.534. The van der Waals surface area contributed by atoms with Gasteiger partial charge in [0.05, 0.1) is 5.69 Å². The second-order valence-electron chi connectivity index (χ2n) is 4.70. The topological polar surface area (TPSA) is 90.8 Å². The first-order valence-corrected chi connectivity index (χ1v) is 6.63. The second-order valence-corrected chi connectivity index (χ2v) is 4.70. The quantitative estimate of drug-likeness (QED) is 0.752. The molecule has 108 valence electrons. The van der Waals surface area contributed by atoms with Gasteiger partial charge in [-0.1, -0.05) is 6.92 Å². The Kier molecular flexibility index (Phi) is 4.19. The van der Waals surface area contributed by atoms with E-state index in [0.29, 0.717) is 6.54 Å². The third-order valence-corrected chi connectivity index (χ3v) is 3.10. The molecule has 0 spiro atoms. The van der Waals surface area contributed by atoms with Gasteiger partial charge < -0.3 is 11.1 Å². The minimum Gasteiger partial charge on any atom is -0.364 e. The van der Waals surface area contributed by atoms with Crippen LogP contribution in [0.1, 0.15) is 35.1 Å². The summed E-state index contributed by atoms with van der Waals surface area (Å²) in [7, 11) is 1.86. The van der Waals surface area contributed by atoms with E-state index >= 15 is 0 Å². The van der Waals surface area contributed by atoms with E-state index in [1.54, 1.807) is 21.6 Å². The predicted molar refractivity (Wildman–Crippen MR) is 75.6 cm³/mol. The minimum absolute atomic E-state index is 0.247. The van der Waals surface area contributed by atoms with Crippen molar-refractivity contribution in [3.8, 4) is 5.82 Å². The third-order valence-electron chi connectivity index (χ3n) is 3.10. The number of nitrogens with one attached hydrogen (secondary N) is 1. The summed E-state index contributed by atoms with van der Waals surface area (Å²) in [5.74, 6) is 0.312. The first kappa shape index (κ1) is 14.3. The lowest BCUT2D eigenvalue weighted by molar-refractivity contribution is 0.0995. The van der Waals surface area contributed by atoms with Crippen molar-refractivity contribution in [2.45, 2.75) is 26.8 Å². The molecular weight excluding hydrogens is 256 g/mol.